The second-order valence-electron chi connectivity index (χ2n) is 9.72. The van der Waals surface area contributed by atoms with Gasteiger partial charge in [-0.3, -0.25) is 9.78 Å². The summed E-state index contributed by atoms with van der Waals surface area (Å²) in [6.45, 7) is 2.38. The zero-order valence-electron chi connectivity index (χ0n) is 20.3. The fourth-order valence-electron chi connectivity index (χ4n) is 4.30. The third-order valence-electron chi connectivity index (χ3n) is 6.57. The number of nitriles is 1. The van der Waals surface area contributed by atoms with E-state index in [1.807, 2.05) is 12.1 Å². The maximum atomic E-state index is 14.2. The van der Waals surface area contributed by atoms with Gasteiger partial charge in [-0.25, -0.2) is 8.91 Å². The number of halogens is 1. The Bertz CT molecular complexity index is 1340. The highest BCUT2D eigenvalue weighted by Crippen LogP contribution is 2.30. The van der Waals surface area contributed by atoms with Gasteiger partial charge in [-0.2, -0.15) is 10.4 Å². The summed E-state index contributed by atoms with van der Waals surface area (Å²) in [5.41, 5.74) is 1.77. The van der Waals surface area contributed by atoms with E-state index in [1.165, 1.54) is 26.2 Å². The third-order valence-corrected chi connectivity index (χ3v) is 6.57. The molecule has 1 fully saturated rings. The van der Waals surface area contributed by atoms with Crippen LogP contribution in [0, 0.1) is 29.6 Å². The molecule has 4 rings (SSSR count). The van der Waals surface area contributed by atoms with Crippen LogP contribution in [0.25, 0.3) is 16.9 Å². The summed E-state index contributed by atoms with van der Waals surface area (Å²) < 4.78 is 15.9. The molecule has 9 heteroatoms. The van der Waals surface area contributed by atoms with Crippen LogP contribution in [0.15, 0.2) is 36.7 Å². The van der Waals surface area contributed by atoms with Gasteiger partial charge in [0.1, 0.15) is 12.2 Å². The minimum Gasteiger partial charge on any atom is -0.387 e. The van der Waals surface area contributed by atoms with E-state index < -0.39 is 17.7 Å². The summed E-state index contributed by atoms with van der Waals surface area (Å²) in [4.78, 5) is 17.5. The molecule has 36 heavy (non-hydrogen) atoms. The molecule has 3 aromatic rings. The highest BCUT2D eigenvalue weighted by Gasteiger charge is 2.28. The summed E-state index contributed by atoms with van der Waals surface area (Å²) in [5, 5.41) is 29.4. The van der Waals surface area contributed by atoms with Crippen LogP contribution >= 0.6 is 0 Å². The Kier molecular flexibility index (Phi) is 7.23. The van der Waals surface area contributed by atoms with E-state index in [0.717, 1.165) is 31.2 Å². The quantitative estimate of drug-likeness (QED) is 0.437. The predicted molar refractivity (Wildman–Crippen MR) is 135 cm³/mol. The lowest BCUT2D eigenvalue weighted by molar-refractivity contribution is -0.00177. The zero-order valence-corrected chi connectivity index (χ0v) is 20.3. The van der Waals surface area contributed by atoms with Gasteiger partial charge in [0.25, 0.3) is 5.91 Å². The number of nitrogens with one attached hydrogen (secondary N) is 2. The molecule has 1 aliphatic rings. The van der Waals surface area contributed by atoms with E-state index in [-0.39, 0.29) is 24.1 Å². The van der Waals surface area contributed by atoms with Crippen molar-refractivity contribution in [3.05, 3.63) is 47.8 Å². The normalized spacial score (nSPS) is 18.7. The highest BCUT2D eigenvalue weighted by atomic mass is 19.1. The number of rotatable bonds is 7. The monoisotopic (exact) mass is 488 g/mol. The van der Waals surface area contributed by atoms with Gasteiger partial charge in [-0.15, -0.1) is 12.3 Å². The maximum Gasteiger partial charge on any atom is 0.255 e. The minimum atomic E-state index is -1.62. The minimum absolute atomic E-state index is 0.127. The molecule has 8 nitrogen and oxygen atoms in total. The van der Waals surface area contributed by atoms with E-state index in [4.69, 9.17) is 11.7 Å². The zero-order chi connectivity index (χ0) is 25.9. The highest BCUT2D eigenvalue weighted by molar-refractivity contribution is 6.00. The molecule has 186 valence electrons. The number of hydrogen-bond acceptors (Lipinski definition) is 6. The maximum absolute atomic E-state index is 14.2. The summed E-state index contributed by atoms with van der Waals surface area (Å²) in [7, 11) is 0. The molecule has 1 saturated carbocycles. The largest absolute Gasteiger partial charge is 0.387 e. The topological polar surface area (TPSA) is 115 Å². The van der Waals surface area contributed by atoms with Gasteiger partial charge in [0.15, 0.2) is 0 Å². The van der Waals surface area contributed by atoms with Crippen LogP contribution in [-0.4, -0.2) is 50.0 Å². The average Bonchev–Trinajstić information content (AvgIpc) is 3.30. The first kappa shape index (κ1) is 25.2. The van der Waals surface area contributed by atoms with Gasteiger partial charge in [0, 0.05) is 18.2 Å². The van der Waals surface area contributed by atoms with Crippen molar-refractivity contribution >= 4 is 17.1 Å². The Labute approximate surface area is 209 Å². The molecular formula is C27H29FN6O2. The van der Waals surface area contributed by atoms with Crippen molar-refractivity contribution < 1.29 is 14.3 Å². The van der Waals surface area contributed by atoms with Crippen LogP contribution in [0.3, 0.4) is 0 Å². The van der Waals surface area contributed by atoms with E-state index >= 15 is 0 Å². The van der Waals surface area contributed by atoms with Gasteiger partial charge >= 0.3 is 0 Å². The van der Waals surface area contributed by atoms with Crippen LogP contribution in [0.1, 0.15) is 55.5 Å². The van der Waals surface area contributed by atoms with Crippen LogP contribution in [0.4, 0.5) is 10.1 Å². The summed E-state index contributed by atoms with van der Waals surface area (Å²) in [5.74, 6) is 2.60. The lowest BCUT2D eigenvalue weighted by Crippen LogP contribution is -2.42. The number of nitrogens with zero attached hydrogens (tertiary/aromatic N) is 4. The lowest BCUT2D eigenvalue weighted by atomic mass is 9.86. The Morgan fingerprint density at radius 3 is 2.72 bits per heavy atom. The number of hydrogen-bond donors (Lipinski definition) is 3. The van der Waals surface area contributed by atoms with Crippen LogP contribution < -0.4 is 10.6 Å². The molecule has 0 unspecified atom stereocenters. The van der Waals surface area contributed by atoms with Gasteiger partial charge in [-0.1, -0.05) is 0 Å². The number of pyridine rings is 1. The van der Waals surface area contributed by atoms with Crippen molar-refractivity contribution in [3.63, 3.8) is 0 Å². The number of terminal acetylenes is 1. The molecule has 0 spiro atoms. The standard InChI is InChI=1S/C27H29FN6O2/c1-4-17-5-7-19(8-6-17)33-22-12-23(24-10-9-20-11-18(13-29)14-32-34(20)24)30-15-21(22)26(35)31-16-25(28)27(2,3)36/h1,9-12,14-15,17,19,25,36H,5-8,16H2,2-3H3,(H,30,33)(H,31,35)/t17?,19?,25-/m1/s1. The third kappa shape index (κ3) is 5.48. The van der Waals surface area contributed by atoms with Crippen LogP contribution in [0.2, 0.25) is 0 Å². The van der Waals surface area contributed by atoms with Crippen molar-refractivity contribution in [3.8, 4) is 29.8 Å². The first-order chi connectivity index (χ1) is 17.2. The van der Waals surface area contributed by atoms with E-state index in [9.17, 15) is 14.3 Å². The molecule has 0 bridgehead atoms. The predicted octanol–water partition coefficient (Wildman–Crippen LogP) is 3.71. The molecule has 0 aliphatic heterocycles. The van der Waals surface area contributed by atoms with Crippen molar-refractivity contribution in [2.75, 3.05) is 11.9 Å². The number of carbonyl (C=O) groups excluding carboxylic acids is 1. The molecule has 1 amide bonds. The van der Waals surface area contributed by atoms with Crippen molar-refractivity contribution in [1.82, 2.24) is 19.9 Å². The number of fused-ring (bicyclic) bond motifs is 1. The Morgan fingerprint density at radius 2 is 2.06 bits per heavy atom. The van der Waals surface area contributed by atoms with Gasteiger partial charge in [-0.05, 0) is 63.8 Å². The first-order valence-corrected chi connectivity index (χ1v) is 11.9. The summed E-state index contributed by atoms with van der Waals surface area (Å²) in [6, 6.07) is 9.42. The molecule has 1 aliphatic carbocycles. The fraction of sp³-hybridized carbons (Fsp3) is 0.407. The van der Waals surface area contributed by atoms with E-state index in [2.05, 4.69) is 32.7 Å². The van der Waals surface area contributed by atoms with E-state index in [1.54, 1.807) is 16.6 Å². The Morgan fingerprint density at radius 1 is 1.31 bits per heavy atom. The molecule has 3 N–H and O–H groups in total. The molecule has 3 heterocycles. The fourth-order valence-corrected chi connectivity index (χ4v) is 4.30. The Balaban J connectivity index is 1.64. The summed E-state index contributed by atoms with van der Waals surface area (Å²) >= 11 is 0. The van der Waals surface area contributed by atoms with Gasteiger partial charge in [0.2, 0.25) is 0 Å². The molecule has 3 aromatic heterocycles. The van der Waals surface area contributed by atoms with Crippen molar-refractivity contribution in [2.24, 2.45) is 5.92 Å². The summed E-state index contributed by atoms with van der Waals surface area (Å²) in [6.07, 6.45) is 10.4. The number of anilines is 1. The van der Waals surface area contributed by atoms with Gasteiger partial charge < -0.3 is 15.7 Å². The number of alkyl halides is 1. The van der Waals surface area contributed by atoms with E-state index in [0.29, 0.717) is 22.6 Å². The average molecular weight is 489 g/mol. The second-order valence-corrected chi connectivity index (χ2v) is 9.72. The number of amides is 1. The molecule has 0 saturated heterocycles. The Hall–Kier alpha value is -3.95. The molecule has 0 aromatic carbocycles. The SMILES string of the molecule is C#CC1CCC(Nc2cc(-c3ccc4cc(C#N)cnn34)ncc2C(=O)NC[C@@H](F)C(C)(C)O)CC1. The smallest absolute Gasteiger partial charge is 0.255 e. The van der Waals surface area contributed by atoms with Crippen molar-refractivity contribution in [2.45, 2.75) is 57.3 Å². The lowest BCUT2D eigenvalue weighted by Gasteiger charge is -2.28. The number of aliphatic hydroxyl groups is 1. The first-order valence-electron chi connectivity index (χ1n) is 11.9. The number of aromatic nitrogens is 3. The molecular weight excluding hydrogens is 459 g/mol. The van der Waals surface area contributed by atoms with Gasteiger partial charge in [0.05, 0.1) is 52.1 Å². The van der Waals surface area contributed by atoms with Crippen LogP contribution in [-0.2, 0) is 0 Å². The number of carbonyl (C=O) groups is 1. The van der Waals surface area contributed by atoms with Crippen molar-refractivity contribution in [1.29, 1.82) is 5.26 Å². The molecule has 1 atom stereocenters. The van der Waals surface area contributed by atoms with Crippen LogP contribution in [0.5, 0.6) is 0 Å². The molecule has 0 radical (unpaired) electrons. The second kappa shape index (κ2) is 10.3.